The molecule has 14 heavy (non-hydrogen) atoms. The van der Waals surface area contributed by atoms with Crippen LogP contribution in [0, 0.1) is 6.92 Å². The summed E-state index contributed by atoms with van der Waals surface area (Å²) in [5.74, 6) is 0. The van der Waals surface area contributed by atoms with Gasteiger partial charge in [-0.15, -0.1) is 0 Å². The number of nitrogens with one attached hydrogen (secondary N) is 1. The van der Waals surface area contributed by atoms with Gasteiger partial charge in [-0.1, -0.05) is 25.4 Å². The number of aryl methyl sites for hydroxylation is 1. The largest absolute Gasteiger partial charge is 0.238 e. The van der Waals surface area contributed by atoms with Gasteiger partial charge in [-0.3, -0.25) is 0 Å². The molecule has 0 bridgehead atoms. The van der Waals surface area contributed by atoms with E-state index in [0.717, 1.165) is 5.56 Å². The van der Waals surface area contributed by atoms with Crippen LogP contribution < -0.4 is 4.72 Å². The van der Waals surface area contributed by atoms with Crippen molar-refractivity contribution in [2.45, 2.75) is 25.7 Å². The average molecular weight is 234 g/mol. The molecule has 0 spiro atoms. The van der Waals surface area contributed by atoms with Crippen molar-refractivity contribution in [3.63, 3.8) is 0 Å². The van der Waals surface area contributed by atoms with Gasteiger partial charge in [0.2, 0.25) is 0 Å². The third-order valence-corrected chi connectivity index (χ3v) is 2.67. The van der Waals surface area contributed by atoms with E-state index in [4.69, 9.17) is 11.6 Å². The minimum atomic E-state index is -1.15. The molecule has 0 aliphatic rings. The second kappa shape index (κ2) is 6.98. The first-order chi connectivity index (χ1) is 6.63. The molecular formula is C10H16ClNOS. The smallest absolute Gasteiger partial charge is 0.124 e. The van der Waals surface area contributed by atoms with Gasteiger partial charge in [0, 0.05) is 5.02 Å². The van der Waals surface area contributed by atoms with Gasteiger partial charge in [0.25, 0.3) is 0 Å². The zero-order chi connectivity index (χ0) is 11.1. The molecule has 0 aliphatic carbocycles. The van der Waals surface area contributed by atoms with Crippen molar-refractivity contribution in [3.8, 4) is 0 Å². The number of hydrogen-bond donors (Lipinski definition) is 1. The summed E-state index contributed by atoms with van der Waals surface area (Å²) in [6.45, 7) is 5.92. The zero-order valence-corrected chi connectivity index (χ0v) is 10.5. The standard InChI is InChI=1S/C8H10ClNOS.C2H6/c1-6-3-7(9)5-8(4-6)12(11)10-2;1-2/h3-5,10H,1-2H3;1-2H3. The molecule has 1 rings (SSSR count). The highest BCUT2D eigenvalue weighted by Gasteiger charge is 2.02. The van der Waals surface area contributed by atoms with Crippen LogP contribution in [0.5, 0.6) is 0 Å². The van der Waals surface area contributed by atoms with Gasteiger partial charge < -0.3 is 0 Å². The molecule has 2 nitrogen and oxygen atoms in total. The maximum Gasteiger partial charge on any atom is 0.124 e. The van der Waals surface area contributed by atoms with Crippen LogP contribution in [0.15, 0.2) is 23.1 Å². The molecule has 0 aromatic heterocycles. The van der Waals surface area contributed by atoms with Crippen molar-refractivity contribution in [2.24, 2.45) is 0 Å². The summed E-state index contributed by atoms with van der Waals surface area (Å²) >= 11 is 5.79. The molecule has 1 unspecified atom stereocenters. The maximum absolute atomic E-state index is 11.3. The Morgan fingerprint density at radius 2 is 1.86 bits per heavy atom. The summed E-state index contributed by atoms with van der Waals surface area (Å²) in [7, 11) is 0.500. The highest BCUT2D eigenvalue weighted by molar-refractivity contribution is 7.83. The normalized spacial score (nSPS) is 11.5. The van der Waals surface area contributed by atoms with Gasteiger partial charge in [0.1, 0.15) is 11.0 Å². The van der Waals surface area contributed by atoms with Crippen LogP contribution >= 0.6 is 11.6 Å². The summed E-state index contributed by atoms with van der Waals surface area (Å²) in [6, 6.07) is 5.37. The summed E-state index contributed by atoms with van der Waals surface area (Å²) in [4.78, 5) is 0.711. The molecule has 1 aromatic rings. The van der Waals surface area contributed by atoms with Crippen LogP contribution in [0.2, 0.25) is 5.02 Å². The van der Waals surface area contributed by atoms with Crippen molar-refractivity contribution < 1.29 is 4.21 Å². The fourth-order valence-corrected chi connectivity index (χ4v) is 2.04. The molecule has 0 saturated heterocycles. The van der Waals surface area contributed by atoms with E-state index in [1.807, 2.05) is 32.9 Å². The molecule has 0 radical (unpaired) electrons. The highest BCUT2D eigenvalue weighted by atomic mass is 35.5. The maximum atomic E-state index is 11.3. The third kappa shape index (κ3) is 4.22. The molecule has 1 aromatic carbocycles. The molecule has 0 fully saturated rings. The summed E-state index contributed by atoms with van der Waals surface area (Å²) in [5, 5.41) is 0.619. The molecule has 0 aliphatic heterocycles. The molecular weight excluding hydrogens is 218 g/mol. The van der Waals surface area contributed by atoms with E-state index in [1.165, 1.54) is 0 Å². The fraction of sp³-hybridized carbons (Fsp3) is 0.400. The third-order valence-electron chi connectivity index (χ3n) is 1.42. The van der Waals surface area contributed by atoms with Gasteiger partial charge >= 0.3 is 0 Å². The van der Waals surface area contributed by atoms with E-state index in [9.17, 15) is 4.21 Å². The quantitative estimate of drug-likeness (QED) is 0.836. The number of benzene rings is 1. The van der Waals surface area contributed by atoms with Crippen molar-refractivity contribution in [2.75, 3.05) is 7.05 Å². The first kappa shape index (κ1) is 13.6. The van der Waals surface area contributed by atoms with E-state index in [2.05, 4.69) is 4.72 Å². The SMILES string of the molecule is CC.CNS(=O)c1cc(C)cc(Cl)c1. The van der Waals surface area contributed by atoms with E-state index in [0.29, 0.717) is 9.92 Å². The van der Waals surface area contributed by atoms with Gasteiger partial charge in [-0.2, -0.15) is 0 Å². The van der Waals surface area contributed by atoms with E-state index >= 15 is 0 Å². The minimum absolute atomic E-state index is 0.619. The van der Waals surface area contributed by atoms with Crippen molar-refractivity contribution in [3.05, 3.63) is 28.8 Å². The second-order valence-electron chi connectivity index (χ2n) is 2.44. The average Bonchev–Trinajstić information content (AvgIpc) is 2.18. The summed E-state index contributed by atoms with van der Waals surface area (Å²) < 4.78 is 13.9. The Labute approximate surface area is 93.3 Å². The molecule has 0 amide bonds. The molecule has 80 valence electrons. The lowest BCUT2D eigenvalue weighted by atomic mass is 10.2. The Morgan fingerprint density at radius 1 is 1.29 bits per heavy atom. The summed E-state index contributed by atoms with van der Waals surface area (Å²) in [5.41, 5.74) is 1.01. The van der Waals surface area contributed by atoms with Crippen molar-refractivity contribution in [1.29, 1.82) is 0 Å². The van der Waals surface area contributed by atoms with E-state index in [-0.39, 0.29) is 0 Å². The lowest BCUT2D eigenvalue weighted by Crippen LogP contribution is -2.10. The Kier molecular flexibility index (Phi) is 6.79. The van der Waals surface area contributed by atoms with Crippen LogP contribution in [0.1, 0.15) is 19.4 Å². The van der Waals surface area contributed by atoms with Gasteiger partial charge in [0.05, 0.1) is 4.90 Å². The number of rotatable bonds is 2. The molecule has 1 N–H and O–H groups in total. The highest BCUT2D eigenvalue weighted by Crippen LogP contribution is 2.16. The van der Waals surface area contributed by atoms with Crippen molar-refractivity contribution in [1.82, 2.24) is 4.72 Å². The molecule has 4 heteroatoms. The van der Waals surface area contributed by atoms with Gasteiger partial charge in [0.15, 0.2) is 0 Å². The van der Waals surface area contributed by atoms with Crippen LogP contribution in [0.4, 0.5) is 0 Å². The van der Waals surface area contributed by atoms with E-state index < -0.39 is 11.0 Å². The predicted molar refractivity (Wildman–Crippen MR) is 63.0 cm³/mol. The van der Waals surface area contributed by atoms with Crippen LogP contribution in [0.25, 0.3) is 0 Å². The van der Waals surface area contributed by atoms with Gasteiger partial charge in [-0.25, -0.2) is 8.93 Å². The molecule has 1 atom stereocenters. The Bertz CT molecular complexity index is 295. The van der Waals surface area contributed by atoms with Crippen LogP contribution in [-0.2, 0) is 11.0 Å². The van der Waals surface area contributed by atoms with Crippen LogP contribution in [-0.4, -0.2) is 11.3 Å². The topological polar surface area (TPSA) is 29.1 Å². The Morgan fingerprint density at radius 3 is 2.29 bits per heavy atom. The van der Waals surface area contributed by atoms with Gasteiger partial charge in [-0.05, 0) is 37.7 Å². The monoisotopic (exact) mass is 233 g/mol. The van der Waals surface area contributed by atoms with Crippen LogP contribution in [0.3, 0.4) is 0 Å². The first-order valence-electron chi connectivity index (χ1n) is 4.50. The first-order valence-corrected chi connectivity index (χ1v) is 6.02. The molecule has 0 saturated carbocycles. The van der Waals surface area contributed by atoms with Crippen molar-refractivity contribution >= 4 is 22.6 Å². The fourth-order valence-electron chi connectivity index (χ4n) is 0.928. The lowest BCUT2D eigenvalue weighted by Gasteiger charge is -2.01. The predicted octanol–water partition coefficient (Wildman–Crippen LogP) is 2.92. The second-order valence-corrected chi connectivity index (χ2v) is 4.29. The summed E-state index contributed by atoms with van der Waals surface area (Å²) in [6.07, 6.45) is 0. The number of halogens is 1. The lowest BCUT2D eigenvalue weighted by molar-refractivity contribution is 0.678. The van der Waals surface area contributed by atoms with E-state index in [1.54, 1.807) is 13.1 Å². The Hall–Kier alpha value is -0.380. The minimum Gasteiger partial charge on any atom is -0.238 e. The number of hydrogen-bond acceptors (Lipinski definition) is 1. The molecule has 0 heterocycles. The Balaban J connectivity index is 0.000000791. The zero-order valence-electron chi connectivity index (χ0n) is 8.93.